The maximum atomic E-state index is 13.3. The third-order valence-electron chi connectivity index (χ3n) is 5.59. The number of anilines is 3. The largest absolute Gasteiger partial charge is 0.380 e. The van der Waals surface area contributed by atoms with E-state index < -0.39 is 12.5 Å². The van der Waals surface area contributed by atoms with Crippen molar-refractivity contribution in [3.8, 4) is 0 Å². The molecule has 1 aliphatic heterocycles. The number of hydrogen-bond acceptors (Lipinski definition) is 8. The van der Waals surface area contributed by atoms with E-state index in [-0.39, 0.29) is 11.8 Å². The second-order valence-electron chi connectivity index (χ2n) is 8.08. The third-order valence-corrected chi connectivity index (χ3v) is 5.59. The van der Waals surface area contributed by atoms with Crippen molar-refractivity contribution in [2.45, 2.75) is 45.6 Å². The topological polar surface area (TPSA) is 109 Å². The van der Waals surface area contributed by atoms with Gasteiger partial charge in [-0.1, -0.05) is 19.4 Å². The molecule has 1 aliphatic rings. The molecule has 1 fully saturated rings. The number of nitrogen functional groups attached to an aromatic ring is 1. The molecule has 32 heavy (non-hydrogen) atoms. The first-order valence-corrected chi connectivity index (χ1v) is 10.9. The zero-order chi connectivity index (χ0) is 22.7. The molecule has 0 bridgehead atoms. The van der Waals surface area contributed by atoms with Crippen LogP contribution in [-0.2, 0) is 6.42 Å². The van der Waals surface area contributed by atoms with E-state index in [1.54, 1.807) is 10.7 Å². The Bertz CT molecular complexity index is 1060. The molecule has 4 heterocycles. The lowest BCUT2D eigenvalue weighted by atomic mass is 10.1. The maximum Gasteiger partial charge on any atom is 0.258 e. The molecule has 11 heteroatoms. The van der Waals surface area contributed by atoms with Crippen molar-refractivity contribution in [3.63, 3.8) is 0 Å². The average Bonchev–Trinajstić information content (AvgIpc) is 3.17. The van der Waals surface area contributed by atoms with E-state index in [4.69, 9.17) is 10.7 Å². The van der Waals surface area contributed by atoms with Crippen LogP contribution >= 0.6 is 0 Å². The van der Waals surface area contributed by atoms with Gasteiger partial charge in [-0.25, -0.2) is 23.3 Å². The zero-order valence-electron chi connectivity index (χ0n) is 18.4. The lowest BCUT2D eigenvalue weighted by Crippen LogP contribution is -2.44. The van der Waals surface area contributed by atoms with E-state index >= 15 is 0 Å². The van der Waals surface area contributed by atoms with Crippen LogP contribution in [-0.4, -0.2) is 63.2 Å². The van der Waals surface area contributed by atoms with Crippen LogP contribution in [0.3, 0.4) is 0 Å². The van der Waals surface area contributed by atoms with Crippen LogP contribution in [0.1, 0.15) is 36.6 Å². The lowest BCUT2D eigenvalue weighted by Gasteiger charge is -2.29. The molecule has 0 aromatic carbocycles. The second kappa shape index (κ2) is 9.60. The number of alkyl halides is 2. The number of hydrogen-bond donors (Lipinski definition) is 3. The van der Waals surface area contributed by atoms with Crippen LogP contribution in [0.15, 0.2) is 18.5 Å². The summed E-state index contributed by atoms with van der Waals surface area (Å²) in [6.45, 7) is 7.68. The fraction of sp³-hybridized carbons (Fsp3) is 0.524. The zero-order valence-corrected chi connectivity index (χ0v) is 18.4. The van der Waals surface area contributed by atoms with E-state index in [1.807, 2.05) is 13.1 Å². The number of imidazole rings is 1. The van der Waals surface area contributed by atoms with E-state index in [9.17, 15) is 8.78 Å². The molecule has 0 aliphatic carbocycles. The number of nitrogens with zero attached hydrogens (tertiary/aromatic N) is 6. The van der Waals surface area contributed by atoms with Crippen LogP contribution in [0.25, 0.3) is 5.65 Å². The van der Waals surface area contributed by atoms with Gasteiger partial charge in [0, 0.05) is 38.8 Å². The van der Waals surface area contributed by atoms with Crippen LogP contribution in [0.5, 0.6) is 0 Å². The quantitative estimate of drug-likeness (QED) is 0.484. The molecular weight excluding hydrogens is 416 g/mol. The van der Waals surface area contributed by atoms with Gasteiger partial charge in [0.25, 0.3) is 6.43 Å². The van der Waals surface area contributed by atoms with Crippen molar-refractivity contribution in [1.82, 2.24) is 29.9 Å². The first-order valence-electron chi connectivity index (χ1n) is 10.9. The predicted molar refractivity (Wildman–Crippen MR) is 120 cm³/mol. The van der Waals surface area contributed by atoms with Crippen molar-refractivity contribution in [2.24, 2.45) is 0 Å². The predicted octanol–water partition coefficient (Wildman–Crippen LogP) is 2.26. The van der Waals surface area contributed by atoms with Gasteiger partial charge in [0.15, 0.2) is 11.5 Å². The summed E-state index contributed by atoms with van der Waals surface area (Å²) in [6, 6.07) is 1.08. The lowest BCUT2D eigenvalue weighted by molar-refractivity contribution is 0.119. The Hall–Kier alpha value is -3.08. The highest BCUT2D eigenvalue weighted by atomic mass is 19.3. The Morgan fingerprint density at radius 3 is 2.69 bits per heavy atom. The standard InChI is InChI=1S/C21H29F2N9/c1-3-4-16(17(22)23)28-21-29-18(24)20-27-12-15(32(20)30-21)10-14-9-13(2)19(26-11-14)31-7-5-25-6-8-31/h9,11-12,16-17,25H,3-8,10H2,1-2H3,(H3,24,28,29,30)/t16-/m1/s1. The van der Waals surface area contributed by atoms with Gasteiger partial charge >= 0.3 is 0 Å². The van der Waals surface area contributed by atoms with E-state index in [0.717, 1.165) is 48.8 Å². The van der Waals surface area contributed by atoms with E-state index in [0.29, 0.717) is 24.9 Å². The number of fused-ring (bicyclic) bond motifs is 1. The van der Waals surface area contributed by atoms with Crippen molar-refractivity contribution in [2.75, 3.05) is 42.1 Å². The first-order chi connectivity index (χ1) is 15.5. The number of nitrogens with two attached hydrogens (primary N) is 1. The minimum atomic E-state index is -2.53. The number of piperazine rings is 1. The first kappa shape index (κ1) is 22.1. The maximum absolute atomic E-state index is 13.3. The monoisotopic (exact) mass is 445 g/mol. The Balaban J connectivity index is 1.58. The summed E-state index contributed by atoms with van der Waals surface area (Å²) in [4.78, 5) is 15.4. The Kier molecular flexibility index (Phi) is 6.63. The summed E-state index contributed by atoms with van der Waals surface area (Å²) in [6.07, 6.45) is 2.47. The summed E-state index contributed by atoms with van der Waals surface area (Å²) >= 11 is 0. The minimum Gasteiger partial charge on any atom is -0.380 e. The molecule has 172 valence electrons. The highest BCUT2D eigenvalue weighted by Crippen LogP contribution is 2.22. The fourth-order valence-corrected chi connectivity index (χ4v) is 4.01. The molecule has 1 atom stereocenters. The van der Waals surface area contributed by atoms with Crippen LogP contribution in [0.4, 0.5) is 26.4 Å². The second-order valence-corrected chi connectivity index (χ2v) is 8.08. The molecule has 0 saturated carbocycles. The van der Waals surface area contributed by atoms with Crippen molar-refractivity contribution in [1.29, 1.82) is 0 Å². The van der Waals surface area contributed by atoms with E-state index in [1.165, 1.54) is 0 Å². The SMILES string of the molecule is CCC[C@@H](Nc1nc(N)c2ncc(Cc3cnc(N4CCNCC4)c(C)c3)n2n1)C(F)F. The molecule has 0 unspecified atom stereocenters. The molecule has 9 nitrogen and oxygen atoms in total. The number of aryl methyl sites for hydroxylation is 1. The molecule has 3 aromatic heterocycles. The van der Waals surface area contributed by atoms with Gasteiger partial charge in [-0.15, -0.1) is 5.10 Å². The molecule has 0 spiro atoms. The van der Waals surface area contributed by atoms with Crippen LogP contribution < -0.4 is 21.3 Å². The highest BCUT2D eigenvalue weighted by molar-refractivity contribution is 5.61. The summed E-state index contributed by atoms with van der Waals surface area (Å²) < 4.78 is 28.2. The summed E-state index contributed by atoms with van der Waals surface area (Å²) in [5.41, 5.74) is 9.32. The summed E-state index contributed by atoms with van der Waals surface area (Å²) in [7, 11) is 0. The molecule has 4 N–H and O–H groups in total. The Morgan fingerprint density at radius 1 is 1.22 bits per heavy atom. The summed E-state index contributed by atoms with van der Waals surface area (Å²) in [5.74, 6) is 1.21. The molecule has 3 aromatic rings. The van der Waals surface area contributed by atoms with Gasteiger partial charge in [0.2, 0.25) is 5.95 Å². The van der Waals surface area contributed by atoms with Gasteiger partial charge in [-0.2, -0.15) is 4.98 Å². The van der Waals surface area contributed by atoms with Crippen molar-refractivity contribution >= 4 is 23.2 Å². The minimum absolute atomic E-state index is 0.0661. The highest BCUT2D eigenvalue weighted by Gasteiger charge is 2.22. The Morgan fingerprint density at radius 2 is 2.00 bits per heavy atom. The van der Waals surface area contributed by atoms with Gasteiger partial charge in [0.1, 0.15) is 5.82 Å². The van der Waals surface area contributed by atoms with Gasteiger partial charge in [-0.05, 0) is 24.5 Å². The van der Waals surface area contributed by atoms with Gasteiger partial charge in [0.05, 0.1) is 17.9 Å². The molecule has 0 amide bonds. The number of pyridine rings is 1. The average molecular weight is 446 g/mol. The molecule has 4 rings (SSSR count). The smallest absolute Gasteiger partial charge is 0.258 e. The molecule has 1 saturated heterocycles. The van der Waals surface area contributed by atoms with Gasteiger partial charge < -0.3 is 21.3 Å². The van der Waals surface area contributed by atoms with Gasteiger partial charge in [-0.3, -0.25) is 0 Å². The Labute approximate surface area is 185 Å². The fourth-order valence-electron chi connectivity index (χ4n) is 4.01. The third kappa shape index (κ3) is 4.72. The summed E-state index contributed by atoms with van der Waals surface area (Å²) in [5, 5.41) is 10.5. The number of rotatable bonds is 8. The van der Waals surface area contributed by atoms with Crippen LogP contribution in [0, 0.1) is 6.92 Å². The molecule has 0 radical (unpaired) electrons. The number of halogens is 2. The van der Waals surface area contributed by atoms with Crippen molar-refractivity contribution < 1.29 is 8.78 Å². The van der Waals surface area contributed by atoms with Crippen LogP contribution in [0.2, 0.25) is 0 Å². The number of aromatic nitrogens is 5. The normalized spacial score (nSPS) is 15.5. The number of nitrogens with one attached hydrogen (secondary N) is 2. The van der Waals surface area contributed by atoms with Crippen molar-refractivity contribution in [3.05, 3.63) is 35.3 Å². The van der Waals surface area contributed by atoms with E-state index in [2.05, 4.69) is 43.6 Å². The molecular formula is C21H29F2N9.